The Morgan fingerprint density at radius 3 is 2.42 bits per heavy atom. The lowest BCUT2D eigenvalue weighted by molar-refractivity contribution is -0.132. The summed E-state index contributed by atoms with van der Waals surface area (Å²) in [6.45, 7) is 6.37. The van der Waals surface area contributed by atoms with Crippen LogP contribution in [0.25, 0.3) is 11.0 Å². The molecule has 0 saturated heterocycles. The van der Waals surface area contributed by atoms with E-state index in [-0.39, 0.29) is 28.2 Å². The minimum Gasteiger partial charge on any atom is -0.422 e. The number of fused-ring (bicyclic) bond motifs is 9. The van der Waals surface area contributed by atoms with Gasteiger partial charge in [0.05, 0.1) is 17.2 Å². The molecule has 8 atom stereocenters. The molecule has 4 saturated carbocycles. The van der Waals surface area contributed by atoms with Crippen LogP contribution in [0.15, 0.2) is 27.4 Å². The van der Waals surface area contributed by atoms with Crippen molar-refractivity contribution >= 4 is 22.6 Å². The Balaban J connectivity index is 1.09. The number of aliphatic hydroxyl groups excluding tert-OH is 1. The highest BCUT2D eigenvalue weighted by molar-refractivity contribution is 6.05. The third-order valence-electron chi connectivity index (χ3n) is 14.0. The average molecular weight is 667 g/mol. The van der Waals surface area contributed by atoms with Gasteiger partial charge in [-0.1, -0.05) is 13.8 Å². The van der Waals surface area contributed by atoms with E-state index in [1.54, 1.807) is 6.07 Å². The number of nitrogens with one attached hydrogen (secondary N) is 2. The van der Waals surface area contributed by atoms with Crippen molar-refractivity contribution in [2.24, 2.45) is 34.5 Å². The number of anilines is 1. The molecular formula is C38H42F4N2O4. The lowest BCUT2D eigenvalue weighted by atomic mass is 9.43. The highest BCUT2D eigenvalue weighted by atomic mass is 19.2. The second-order valence-corrected chi connectivity index (χ2v) is 15.9. The maximum Gasteiger partial charge on any atom is 0.341 e. The first-order chi connectivity index (χ1) is 22.8. The van der Waals surface area contributed by atoms with E-state index in [1.165, 1.54) is 12.1 Å². The SMILES string of the molecule is Cc1c(F)c(F)c(C(=O)Nc2ccc3c4c(c(=O)oc3c2)[C@]2(CC[C@@]3(C)[C@@H](CC[C@@H]5[C@@H]3CC[C@]3(C)[C@@H](O)CC[C@@H]53)C2)NCC4)c(F)c1F. The normalized spacial score (nSPS) is 35.5. The average Bonchev–Trinajstić information content (AvgIpc) is 3.37. The number of amides is 1. The predicted molar refractivity (Wildman–Crippen MR) is 173 cm³/mol. The van der Waals surface area contributed by atoms with Gasteiger partial charge in [0.25, 0.3) is 5.91 Å². The van der Waals surface area contributed by atoms with Crippen molar-refractivity contribution in [1.82, 2.24) is 5.32 Å². The summed E-state index contributed by atoms with van der Waals surface area (Å²) in [6.07, 6.45) is 9.64. The third-order valence-corrected chi connectivity index (χ3v) is 14.0. The van der Waals surface area contributed by atoms with E-state index in [9.17, 15) is 32.3 Å². The van der Waals surface area contributed by atoms with Gasteiger partial charge in [0, 0.05) is 29.2 Å². The van der Waals surface area contributed by atoms with Gasteiger partial charge in [0.1, 0.15) is 11.1 Å². The number of aliphatic hydroxyl groups is 1. The van der Waals surface area contributed by atoms with Crippen LogP contribution in [0.5, 0.6) is 0 Å². The maximum absolute atomic E-state index is 14.5. The van der Waals surface area contributed by atoms with E-state index >= 15 is 0 Å². The molecule has 4 fully saturated rings. The van der Waals surface area contributed by atoms with E-state index in [0.717, 1.165) is 75.7 Å². The summed E-state index contributed by atoms with van der Waals surface area (Å²) in [7, 11) is 0. The van der Waals surface area contributed by atoms with Crippen LogP contribution in [-0.2, 0) is 12.0 Å². The van der Waals surface area contributed by atoms with Gasteiger partial charge >= 0.3 is 5.63 Å². The van der Waals surface area contributed by atoms with Crippen LogP contribution in [0.1, 0.15) is 98.7 Å². The largest absolute Gasteiger partial charge is 0.422 e. The second kappa shape index (κ2) is 10.9. The van der Waals surface area contributed by atoms with Gasteiger partial charge in [-0.2, -0.15) is 0 Å². The Bertz CT molecular complexity index is 1900. The number of carbonyl (C=O) groups excluding carboxylic acids is 1. The molecule has 10 heteroatoms. The van der Waals surface area contributed by atoms with E-state index in [0.29, 0.717) is 42.2 Å². The number of hydrogen-bond donors (Lipinski definition) is 3. The highest BCUT2D eigenvalue weighted by Gasteiger charge is 2.62. The van der Waals surface area contributed by atoms with Crippen molar-refractivity contribution in [2.75, 3.05) is 11.9 Å². The van der Waals surface area contributed by atoms with Crippen molar-refractivity contribution in [2.45, 2.75) is 96.6 Å². The van der Waals surface area contributed by atoms with Crippen molar-refractivity contribution < 1.29 is 31.9 Å². The summed E-state index contributed by atoms with van der Waals surface area (Å²) in [5.74, 6) is -5.89. The molecule has 8 rings (SSSR count). The molecule has 256 valence electrons. The Morgan fingerprint density at radius 1 is 0.938 bits per heavy atom. The van der Waals surface area contributed by atoms with Gasteiger partial charge in [0.2, 0.25) is 0 Å². The quantitative estimate of drug-likeness (QED) is 0.149. The van der Waals surface area contributed by atoms with E-state index in [1.807, 2.05) is 0 Å². The molecule has 2 heterocycles. The van der Waals surface area contributed by atoms with Crippen molar-refractivity contribution in [3.05, 3.63) is 74.1 Å². The molecule has 0 radical (unpaired) electrons. The van der Waals surface area contributed by atoms with Crippen LogP contribution in [0.2, 0.25) is 0 Å². The molecule has 4 aliphatic carbocycles. The summed E-state index contributed by atoms with van der Waals surface area (Å²) < 4.78 is 63.1. The van der Waals surface area contributed by atoms with Gasteiger partial charge in [-0.15, -0.1) is 0 Å². The van der Waals surface area contributed by atoms with Crippen LogP contribution in [0, 0.1) is 64.7 Å². The fraction of sp³-hybridized carbons (Fsp3) is 0.579. The van der Waals surface area contributed by atoms with Gasteiger partial charge in [-0.3, -0.25) is 4.79 Å². The molecule has 5 aliphatic rings. The minimum atomic E-state index is -1.78. The molecule has 2 aromatic carbocycles. The standard InChI is InChI=1S/C38H42F4N2O4/c1-18-30(39)32(41)28(33(42)31(18)40)34(46)44-20-5-7-21-22-11-15-43-38(29(22)35(47)48-26(21)16-20)14-13-36(2)19(17-38)4-6-23-24-8-9-27(45)37(24,3)12-10-25(23)36/h5,7,16,19,23-25,27,43,45H,4,6,8-15,17H2,1-3H3,(H,44,46)/t19-,23-,24-,25-,27-,36-,37-,38+/m0/s1. The molecule has 3 N–H and O–H groups in total. The molecular weight excluding hydrogens is 624 g/mol. The van der Waals surface area contributed by atoms with Crippen molar-refractivity contribution in [3.63, 3.8) is 0 Å². The first kappa shape index (κ1) is 32.0. The lowest BCUT2D eigenvalue weighted by Crippen LogP contribution is -2.60. The number of halogens is 4. The van der Waals surface area contributed by atoms with Crippen LogP contribution in [0.4, 0.5) is 23.2 Å². The number of carbonyl (C=O) groups is 1. The lowest BCUT2D eigenvalue weighted by Gasteiger charge is -2.62. The fourth-order valence-corrected chi connectivity index (χ4v) is 11.4. The Morgan fingerprint density at radius 2 is 1.67 bits per heavy atom. The zero-order valence-corrected chi connectivity index (χ0v) is 27.6. The highest BCUT2D eigenvalue weighted by Crippen LogP contribution is 2.67. The zero-order valence-electron chi connectivity index (χ0n) is 27.6. The summed E-state index contributed by atoms with van der Waals surface area (Å²) >= 11 is 0. The molecule has 0 bridgehead atoms. The Kier molecular flexibility index (Phi) is 7.25. The molecule has 3 aromatic rings. The Labute approximate surface area is 276 Å². The molecule has 1 aromatic heterocycles. The monoisotopic (exact) mass is 666 g/mol. The molecule has 0 unspecified atom stereocenters. The summed E-state index contributed by atoms with van der Waals surface area (Å²) in [6, 6.07) is 4.64. The fourth-order valence-electron chi connectivity index (χ4n) is 11.4. The summed E-state index contributed by atoms with van der Waals surface area (Å²) in [5, 5.41) is 17.6. The van der Waals surface area contributed by atoms with Crippen LogP contribution < -0.4 is 16.3 Å². The predicted octanol–water partition coefficient (Wildman–Crippen LogP) is 7.65. The van der Waals surface area contributed by atoms with Crippen LogP contribution in [-0.4, -0.2) is 23.7 Å². The smallest absolute Gasteiger partial charge is 0.341 e. The molecule has 1 aliphatic heterocycles. The minimum absolute atomic E-state index is 0.0374. The zero-order chi connectivity index (χ0) is 33.9. The maximum atomic E-state index is 14.5. The molecule has 48 heavy (non-hydrogen) atoms. The first-order valence-electron chi connectivity index (χ1n) is 17.5. The van der Waals surface area contributed by atoms with E-state index in [4.69, 9.17) is 4.42 Å². The molecule has 1 amide bonds. The third kappa shape index (κ3) is 4.36. The van der Waals surface area contributed by atoms with Crippen LogP contribution >= 0.6 is 0 Å². The first-order valence-corrected chi connectivity index (χ1v) is 17.5. The van der Waals surface area contributed by atoms with Crippen molar-refractivity contribution in [1.29, 1.82) is 0 Å². The number of benzene rings is 2. The summed E-state index contributed by atoms with van der Waals surface area (Å²) in [4.78, 5) is 26.6. The van der Waals surface area contributed by atoms with Gasteiger partial charge < -0.3 is 20.2 Å². The molecule has 1 spiro atoms. The number of rotatable bonds is 2. The topological polar surface area (TPSA) is 91.6 Å². The van der Waals surface area contributed by atoms with Crippen molar-refractivity contribution in [3.8, 4) is 0 Å². The van der Waals surface area contributed by atoms with Gasteiger partial charge in [-0.05, 0) is 123 Å². The van der Waals surface area contributed by atoms with E-state index in [2.05, 4.69) is 24.5 Å². The number of hydrogen-bond acceptors (Lipinski definition) is 5. The van der Waals surface area contributed by atoms with Gasteiger partial charge in [-0.25, -0.2) is 22.4 Å². The second-order valence-electron chi connectivity index (χ2n) is 15.9. The molecule has 6 nitrogen and oxygen atoms in total. The van der Waals surface area contributed by atoms with Crippen LogP contribution in [0.3, 0.4) is 0 Å². The van der Waals surface area contributed by atoms with Gasteiger partial charge in [0.15, 0.2) is 23.3 Å². The van der Waals surface area contributed by atoms with E-state index < -0.39 is 51.5 Å². The summed E-state index contributed by atoms with van der Waals surface area (Å²) in [5.41, 5.74) is -1.11. The Hall–Kier alpha value is -3.24.